The first-order chi connectivity index (χ1) is 7.87. The van der Waals surface area contributed by atoms with Crippen molar-refractivity contribution in [3.63, 3.8) is 0 Å². The SMILES string of the molecule is NC(=O)c1cc2cccc(OC(F)(F)F)c2s1. The van der Waals surface area contributed by atoms with Gasteiger partial charge in [-0.3, -0.25) is 4.79 Å². The summed E-state index contributed by atoms with van der Waals surface area (Å²) >= 11 is 0.873. The Bertz CT molecular complexity index is 576. The molecule has 0 saturated heterocycles. The first-order valence-electron chi connectivity index (χ1n) is 4.45. The molecular weight excluding hydrogens is 255 g/mol. The molecule has 0 aliphatic rings. The van der Waals surface area contributed by atoms with Gasteiger partial charge in [0.2, 0.25) is 0 Å². The van der Waals surface area contributed by atoms with Crippen LogP contribution in [0, 0.1) is 0 Å². The van der Waals surface area contributed by atoms with Crippen molar-refractivity contribution in [2.45, 2.75) is 6.36 Å². The van der Waals surface area contributed by atoms with E-state index in [-0.39, 0.29) is 15.3 Å². The van der Waals surface area contributed by atoms with Crippen LogP contribution in [0.4, 0.5) is 13.2 Å². The number of hydrogen-bond acceptors (Lipinski definition) is 3. The molecule has 0 spiro atoms. The van der Waals surface area contributed by atoms with E-state index in [0.717, 1.165) is 11.3 Å². The van der Waals surface area contributed by atoms with E-state index >= 15 is 0 Å². The number of primary amides is 1. The van der Waals surface area contributed by atoms with Gasteiger partial charge in [0.25, 0.3) is 5.91 Å². The van der Waals surface area contributed by atoms with Crippen molar-refractivity contribution in [3.8, 4) is 5.75 Å². The van der Waals surface area contributed by atoms with E-state index in [4.69, 9.17) is 5.73 Å². The van der Waals surface area contributed by atoms with Gasteiger partial charge in [-0.2, -0.15) is 0 Å². The molecule has 2 rings (SSSR count). The van der Waals surface area contributed by atoms with Crippen LogP contribution in [0.15, 0.2) is 24.3 Å². The summed E-state index contributed by atoms with van der Waals surface area (Å²) in [6, 6.07) is 5.63. The van der Waals surface area contributed by atoms with Gasteiger partial charge >= 0.3 is 6.36 Å². The average molecular weight is 261 g/mol. The number of rotatable bonds is 2. The zero-order valence-electron chi connectivity index (χ0n) is 8.25. The fourth-order valence-corrected chi connectivity index (χ4v) is 2.32. The molecule has 0 saturated carbocycles. The number of benzene rings is 1. The van der Waals surface area contributed by atoms with E-state index in [1.807, 2.05) is 0 Å². The Kier molecular flexibility index (Phi) is 2.70. The maximum atomic E-state index is 12.1. The molecule has 1 aromatic carbocycles. The van der Waals surface area contributed by atoms with Crippen LogP contribution in [-0.4, -0.2) is 12.3 Å². The van der Waals surface area contributed by atoms with Crippen molar-refractivity contribution in [3.05, 3.63) is 29.1 Å². The minimum absolute atomic E-state index is 0.193. The van der Waals surface area contributed by atoms with E-state index in [0.29, 0.717) is 5.39 Å². The number of amides is 1. The Morgan fingerprint density at radius 3 is 2.65 bits per heavy atom. The monoisotopic (exact) mass is 261 g/mol. The van der Waals surface area contributed by atoms with Crippen LogP contribution in [0.2, 0.25) is 0 Å². The third-order valence-corrected chi connectivity index (χ3v) is 3.16. The molecule has 0 aliphatic carbocycles. The van der Waals surface area contributed by atoms with Crippen molar-refractivity contribution in [1.82, 2.24) is 0 Å². The number of carbonyl (C=O) groups excluding carboxylic acids is 1. The molecule has 3 nitrogen and oxygen atoms in total. The number of thiophene rings is 1. The highest BCUT2D eigenvalue weighted by Crippen LogP contribution is 2.36. The average Bonchev–Trinajstić information content (AvgIpc) is 2.60. The highest BCUT2D eigenvalue weighted by Gasteiger charge is 2.32. The summed E-state index contributed by atoms with van der Waals surface area (Å²) in [7, 11) is 0. The number of nitrogens with two attached hydrogens (primary N) is 1. The largest absolute Gasteiger partial charge is 0.573 e. The fourth-order valence-electron chi connectivity index (χ4n) is 1.36. The summed E-state index contributed by atoms with van der Waals surface area (Å²) in [4.78, 5) is 11.1. The molecule has 0 bridgehead atoms. The molecule has 1 heterocycles. The van der Waals surface area contributed by atoms with E-state index in [9.17, 15) is 18.0 Å². The molecule has 2 N–H and O–H groups in total. The van der Waals surface area contributed by atoms with Gasteiger partial charge in [-0.25, -0.2) is 0 Å². The smallest absolute Gasteiger partial charge is 0.404 e. The van der Waals surface area contributed by atoms with Crippen molar-refractivity contribution >= 4 is 27.3 Å². The maximum Gasteiger partial charge on any atom is 0.573 e. The molecular formula is C10H6F3NO2S. The Morgan fingerprint density at radius 2 is 2.06 bits per heavy atom. The molecule has 0 unspecified atom stereocenters. The lowest BCUT2D eigenvalue weighted by molar-refractivity contribution is -0.274. The zero-order valence-corrected chi connectivity index (χ0v) is 9.06. The summed E-state index contributed by atoms with van der Waals surface area (Å²) in [6.07, 6.45) is -4.76. The predicted molar refractivity (Wildman–Crippen MR) is 57.0 cm³/mol. The topological polar surface area (TPSA) is 52.3 Å². The van der Waals surface area contributed by atoms with E-state index < -0.39 is 12.3 Å². The van der Waals surface area contributed by atoms with Crippen LogP contribution in [0.1, 0.15) is 9.67 Å². The summed E-state index contributed by atoms with van der Waals surface area (Å²) in [5.41, 5.74) is 5.06. The second-order valence-corrected chi connectivity index (χ2v) is 4.25. The van der Waals surface area contributed by atoms with Crippen LogP contribution in [-0.2, 0) is 0 Å². The zero-order chi connectivity index (χ0) is 12.6. The van der Waals surface area contributed by atoms with Gasteiger partial charge in [0, 0.05) is 0 Å². The van der Waals surface area contributed by atoms with E-state index in [2.05, 4.69) is 4.74 Å². The van der Waals surface area contributed by atoms with Crippen LogP contribution >= 0.6 is 11.3 Å². The lowest BCUT2D eigenvalue weighted by atomic mass is 10.2. The minimum Gasteiger partial charge on any atom is -0.404 e. The Balaban J connectivity index is 2.53. The summed E-state index contributed by atoms with van der Waals surface area (Å²) in [6.45, 7) is 0. The molecule has 0 atom stereocenters. The third kappa shape index (κ3) is 2.50. The van der Waals surface area contributed by atoms with Gasteiger partial charge in [-0.05, 0) is 17.5 Å². The Labute approximate surface area is 97.6 Å². The van der Waals surface area contributed by atoms with E-state index in [1.54, 1.807) is 6.07 Å². The van der Waals surface area contributed by atoms with Crippen LogP contribution < -0.4 is 10.5 Å². The first kappa shape index (κ1) is 11.7. The van der Waals surface area contributed by atoms with Gasteiger partial charge in [0.15, 0.2) is 0 Å². The van der Waals surface area contributed by atoms with Crippen molar-refractivity contribution < 1.29 is 22.7 Å². The van der Waals surface area contributed by atoms with Crippen LogP contribution in [0.5, 0.6) is 5.75 Å². The number of carbonyl (C=O) groups is 1. The molecule has 2 aromatic rings. The van der Waals surface area contributed by atoms with Crippen molar-refractivity contribution in [1.29, 1.82) is 0 Å². The summed E-state index contributed by atoms with van der Waals surface area (Å²) < 4.78 is 40.5. The third-order valence-electron chi connectivity index (χ3n) is 1.98. The highest BCUT2D eigenvalue weighted by molar-refractivity contribution is 7.21. The molecule has 90 valence electrons. The number of alkyl halides is 3. The van der Waals surface area contributed by atoms with Gasteiger partial charge in [0.1, 0.15) is 5.75 Å². The molecule has 0 fully saturated rings. The Morgan fingerprint density at radius 1 is 1.35 bits per heavy atom. The van der Waals surface area contributed by atoms with E-state index in [1.165, 1.54) is 18.2 Å². The summed E-state index contributed by atoms with van der Waals surface area (Å²) in [5.74, 6) is -1.00. The summed E-state index contributed by atoms with van der Waals surface area (Å²) in [5, 5.41) is 0.491. The lowest BCUT2D eigenvalue weighted by Crippen LogP contribution is -2.17. The van der Waals surface area contributed by atoms with Crippen LogP contribution in [0.25, 0.3) is 10.1 Å². The second-order valence-electron chi connectivity index (χ2n) is 3.20. The predicted octanol–water partition coefficient (Wildman–Crippen LogP) is 2.90. The molecule has 0 aliphatic heterocycles. The van der Waals surface area contributed by atoms with Gasteiger partial charge in [-0.15, -0.1) is 24.5 Å². The first-order valence-corrected chi connectivity index (χ1v) is 5.26. The lowest BCUT2D eigenvalue weighted by Gasteiger charge is -2.08. The van der Waals surface area contributed by atoms with Crippen molar-refractivity contribution in [2.75, 3.05) is 0 Å². The molecule has 1 amide bonds. The van der Waals surface area contributed by atoms with Crippen molar-refractivity contribution in [2.24, 2.45) is 5.73 Å². The normalized spacial score (nSPS) is 11.7. The second kappa shape index (κ2) is 3.92. The van der Waals surface area contributed by atoms with Crippen LogP contribution in [0.3, 0.4) is 0 Å². The number of ether oxygens (including phenoxy) is 1. The van der Waals surface area contributed by atoms with Gasteiger partial charge < -0.3 is 10.5 Å². The molecule has 17 heavy (non-hydrogen) atoms. The number of fused-ring (bicyclic) bond motifs is 1. The minimum atomic E-state index is -4.76. The fraction of sp³-hybridized carbons (Fsp3) is 0.100. The number of halogens is 3. The molecule has 1 aromatic heterocycles. The quantitative estimate of drug-likeness (QED) is 0.903. The Hall–Kier alpha value is -1.76. The maximum absolute atomic E-state index is 12.1. The van der Waals surface area contributed by atoms with Gasteiger partial charge in [0.05, 0.1) is 9.58 Å². The molecule has 0 radical (unpaired) electrons. The molecule has 7 heteroatoms. The standard InChI is InChI=1S/C10H6F3NO2S/c11-10(12,13)16-6-3-1-2-5-4-7(9(14)15)17-8(5)6/h1-4H,(H2,14,15). The number of hydrogen-bond donors (Lipinski definition) is 1. The van der Waals surface area contributed by atoms with Gasteiger partial charge in [-0.1, -0.05) is 12.1 Å². The highest BCUT2D eigenvalue weighted by atomic mass is 32.1.